The number of benzene rings is 2. The van der Waals surface area contributed by atoms with Crippen LogP contribution < -0.4 is 11.1 Å². The van der Waals surface area contributed by atoms with Crippen LogP contribution in [0.4, 0.5) is 17.1 Å². The largest absolute Gasteiger partial charge is 0.478 e. The lowest BCUT2D eigenvalue weighted by Gasteiger charge is -2.10. The van der Waals surface area contributed by atoms with Crippen LogP contribution >= 0.6 is 0 Å². The van der Waals surface area contributed by atoms with Crippen molar-refractivity contribution >= 4 is 23.0 Å². The average molecular weight is 228 g/mol. The zero-order valence-corrected chi connectivity index (χ0v) is 9.05. The van der Waals surface area contributed by atoms with E-state index in [1.807, 2.05) is 30.3 Å². The van der Waals surface area contributed by atoms with E-state index in [4.69, 9.17) is 10.8 Å². The van der Waals surface area contributed by atoms with Crippen LogP contribution in [-0.4, -0.2) is 11.1 Å². The van der Waals surface area contributed by atoms with Crippen LogP contribution in [0, 0.1) is 0 Å². The summed E-state index contributed by atoms with van der Waals surface area (Å²) in [6.45, 7) is 0. The number of nitrogen functional groups attached to an aromatic ring is 1. The molecule has 2 aromatic rings. The molecule has 0 saturated heterocycles. The number of para-hydroxylation sites is 1. The van der Waals surface area contributed by atoms with E-state index in [9.17, 15) is 4.79 Å². The van der Waals surface area contributed by atoms with Gasteiger partial charge in [-0.3, -0.25) is 0 Å². The number of hydrogen-bond acceptors (Lipinski definition) is 3. The monoisotopic (exact) mass is 228 g/mol. The Morgan fingerprint density at radius 2 is 1.82 bits per heavy atom. The van der Waals surface area contributed by atoms with Crippen molar-refractivity contribution in [2.24, 2.45) is 0 Å². The summed E-state index contributed by atoms with van der Waals surface area (Å²) in [6, 6.07) is 14.0. The zero-order chi connectivity index (χ0) is 12.3. The summed E-state index contributed by atoms with van der Waals surface area (Å²) in [5.41, 5.74) is 7.68. The minimum absolute atomic E-state index is 0.197. The maximum atomic E-state index is 11.0. The second-order valence-electron chi connectivity index (χ2n) is 3.60. The maximum Gasteiger partial charge on any atom is 0.337 e. The Hall–Kier alpha value is -2.49. The van der Waals surface area contributed by atoms with Gasteiger partial charge in [0.15, 0.2) is 0 Å². The topological polar surface area (TPSA) is 75.4 Å². The minimum atomic E-state index is -0.983. The van der Waals surface area contributed by atoms with E-state index in [-0.39, 0.29) is 5.56 Å². The van der Waals surface area contributed by atoms with Gasteiger partial charge in [0.25, 0.3) is 0 Å². The normalized spacial score (nSPS) is 9.88. The van der Waals surface area contributed by atoms with Gasteiger partial charge in [-0.2, -0.15) is 0 Å². The molecule has 0 radical (unpaired) electrons. The third kappa shape index (κ3) is 2.55. The van der Waals surface area contributed by atoms with Gasteiger partial charge in [-0.15, -0.1) is 0 Å². The molecule has 0 aliphatic carbocycles. The van der Waals surface area contributed by atoms with Gasteiger partial charge in [0.2, 0.25) is 0 Å². The number of rotatable bonds is 3. The molecule has 0 aromatic heterocycles. The van der Waals surface area contributed by atoms with Gasteiger partial charge in [0, 0.05) is 11.4 Å². The van der Waals surface area contributed by atoms with Crippen molar-refractivity contribution in [1.82, 2.24) is 0 Å². The number of nitrogens with two attached hydrogens (primary N) is 1. The molecule has 17 heavy (non-hydrogen) atoms. The van der Waals surface area contributed by atoms with Crippen LogP contribution in [0.5, 0.6) is 0 Å². The summed E-state index contributed by atoms with van der Waals surface area (Å²) in [7, 11) is 0. The third-order valence-corrected chi connectivity index (χ3v) is 2.33. The fraction of sp³-hybridized carbons (Fsp3) is 0. The number of carboxylic acid groups (broad SMARTS) is 1. The molecule has 0 atom stereocenters. The van der Waals surface area contributed by atoms with Crippen molar-refractivity contribution in [3.63, 3.8) is 0 Å². The highest BCUT2D eigenvalue weighted by Crippen LogP contribution is 2.23. The lowest BCUT2D eigenvalue weighted by molar-refractivity contribution is 0.0698. The first-order chi connectivity index (χ1) is 8.16. The molecule has 0 aliphatic rings. The molecule has 0 spiro atoms. The molecule has 0 unspecified atom stereocenters. The third-order valence-electron chi connectivity index (χ3n) is 2.33. The van der Waals surface area contributed by atoms with Gasteiger partial charge in [-0.25, -0.2) is 4.79 Å². The molecule has 0 fully saturated rings. The smallest absolute Gasteiger partial charge is 0.337 e. The first-order valence-corrected chi connectivity index (χ1v) is 5.12. The quantitative estimate of drug-likeness (QED) is 0.706. The van der Waals surface area contributed by atoms with Crippen LogP contribution in [0.1, 0.15) is 10.4 Å². The molecule has 0 heterocycles. The number of anilines is 3. The highest BCUT2D eigenvalue weighted by molar-refractivity contribution is 5.96. The Bertz CT molecular complexity index is 538. The molecular weight excluding hydrogens is 216 g/mol. The van der Waals surface area contributed by atoms with E-state index < -0.39 is 5.97 Å². The van der Waals surface area contributed by atoms with E-state index in [1.54, 1.807) is 12.1 Å². The number of hydrogen-bond donors (Lipinski definition) is 3. The summed E-state index contributed by atoms with van der Waals surface area (Å²) < 4.78 is 0. The van der Waals surface area contributed by atoms with Crippen molar-refractivity contribution in [3.8, 4) is 0 Å². The fourth-order valence-corrected chi connectivity index (χ4v) is 1.53. The molecule has 4 nitrogen and oxygen atoms in total. The van der Waals surface area contributed by atoms with Crippen molar-refractivity contribution < 1.29 is 9.90 Å². The minimum Gasteiger partial charge on any atom is -0.478 e. The predicted octanol–water partition coefficient (Wildman–Crippen LogP) is 2.71. The molecular formula is C13H12N2O2. The predicted molar refractivity (Wildman–Crippen MR) is 67.5 cm³/mol. The Balaban J connectivity index is 2.37. The highest BCUT2D eigenvalue weighted by Gasteiger charge is 2.10. The van der Waals surface area contributed by atoms with E-state index in [0.29, 0.717) is 11.4 Å². The first kappa shape index (κ1) is 11.0. The second-order valence-corrected chi connectivity index (χ2v) is 3.60. The molecule has 4 N–H and O–H groups in total. The van der Waals surface area contributed by atoms with Gasteiger partial charge >= 0.3 is 5.97 Å². The van der Waals surface area contributed by atoms with Crippen LogP contribution in [-0.2, 0) is 0 Å². The number of carboxylic acids is 1. The van der Waals surface area contributed by atoms with Crippen molar-refractivity contribution in [2.45, 2.75) is 0 Å². The standard InChI is InChI=1S/C13H12N2O2/c14-9-6-7-11(13(16)17)12(8-9)15-10-4-2-1-3-5-10/h1-8,15H,14H2,(H,16,17). The molecule has 2 rings (SSSR count). The van der Waals surface area contributed by atoms with E-state index in [1.165, 1.54) is 6.07 Å². The maximum absolute atomic E-state index is 11.0. The van der Waals surface area contributed by atoms with Gasteiger partial charge in [-0.05, 0) is 30.3 Å². The van der Waals surface area contributed by atoms with Crippen molar-refractivity contribution in [2.75, 3.05) is 11.1 Å². The highest BCUT2D eigenvalue weighted by atomic mass is 16.4. The Morgan fingerprint density at radius 1 is 1.12 bits per heavy atom. The summed E-state index contributed by atoms with van der Waals surface area (Å²) in [5.74, 6) is -0.983. The Labute approximate surface area is 98.7 Å². The zero-order valence-electron chi connectivity index (χ0n) is 9.05. The number of nitrogens with one attached hydrogen (secondary N) is 1. The number of aromatic carboxylic acids is 1. The Morgan fingerprint density at radius 3 is 2.47 bits per heavy atom. The van der Waals surface area contributed by atoms with E-state index in [0.717, 1.165) is 5.69 Å². The molecule has 0 bridgehead atoms. The van der Waals surface area contributed by atoms with Gasteiger partial charge in [0.05, 0.1) is 11.3 Å². The van der Waals surface area contributed by atoms with Crippen LogP contribution in [0.25, 0.3) is 0 Å². The van der Waals surface area contributed by atoms with E-state index in [2.05, 4.69) is 5.32 Å². The van der Waals surface area contributed by atoms with Crippen molar-refractivity contribution in [3.05, 3.63) is 54.1 Å². The molecule has 0 saturated carbocycles. The lowest BCUT2D eigenvalue weighted by atomic mass is 10.1. The SMILES string of the molecule is Nc1ccc(C(=O)O)c(Nc2ccccc2)c1. The van der Waals surface area contributed by atoms with Crippen LogP contribution in [0.2, 0.25) is 0 Å². The van der Waals surface area contributed by atoms with Crippen molar-refractivity contribution in [1.29, 1.82) is 0 Å². The first-order valence-electron chi connectivity index (χ1n) is 5.12. The van der Waals surface area contributed by atoms with Gasteiger partial charge in [-0.1, -0.05) is 18.2 Å². The summed E-state index contributed by atoms with van der Waals surface area (Å²) in [4.78, 5) is 11.0. The molecule has 2 aromatic carbocycles. The second kappa shape index (κ2) is 4.57. The summed E-state index contributed by atoms with van der Waals surface area (Å²) in [6.07, 6.45) is 0. The summed E-state index contributed by atoms with van der Waals surface area (Å²) in [5, 5.41) is 12.1. The molecule has 4 heteroatoms. The molecule has 0 aliphatic heterocycles. The molecule has 0 amide bonds. The van der Waals surface area contributed by atoms with Gasteiger partial charge in [0.1, 0.15) is 0 Å². The average Bonchev–Trinajstić information content (AvgIpc) is 2.30. The lowest BCUT2D eigenvalue weighted by Crippen LogP contribution is -2.03. The molecule has 86 valence electrons. The van der Waals surface area contributed by atoms with Crippen LogP contribution in [0.3, 0.4) is 0 Å². The van der Waals surface area contributed by atoms with Gasteiger partial charge < -0.3 is 16.2 Å². The summed E-state index contributed by atoms with van der Waals surface area (Å²) >= 11 is 0. The number of carbonyl (C=O) groups is 1. The van der Waals surface area contributed by atoms with E-state index >= 15 is 0 Å². The fourth-order valence-electron chi connectivity index (χ4n) is 1.53. The Kier molecular flexibility index (Phi) is 2.96. The van der Waals surface area contributed by atoms with Crippen LogP contribution in [0.15, 0.2) is 48.5 Å².